The number of aromatic nitrogens is 1. The first kappa shape index (κ1) is 16.7. The minimum atomic E-state index is -0.221. The highest BCUT2D eigenvalue weighted by Crippen LogP contribution is 2.31. The molecule has 3 aromatic rings. The molecule has 2 atom stereocenters. The summed E-state index contributed by atoms with van der Waals surface area (Å²) < 4.78 is 10.4. The van der Waals surface area contributed by atoms with Crippen molar-refractivity contribution in [2.45, 2.75) is 18.4 Å². The highest BCUT2D eigenvalue weighted by molar-refractivity contribution is 5.84. The van der Waals surface area contributed by atoms with Crippen LogP contribution in [-0.4, -0.2) is 37.3 Å². The average molecular weight is 350 g/mol. The Morgan fingerprint density at radius 1 is 1.23 bits per heavy atom. The van der Waals surface area contributed by atoms with Crippen LogP contribution >= 0.6 is 0 Å². The molecule has 1 aliphatic heterocycles. The van der Waals surface area contributed by atoms with Gasteiger partial charge in [0.1, 0.15) is 11.8 Å². The number of ether oxygens (including phenoxy) is 2. The zero-order valence-corrected chi connectivity index (χ0v) is 14.7. The summed E-state index contributed by atoms with van der Waals surface area (Å²) in [6, 6.07) is 16.2. The van der Waals surface area contributed by atoms with Crippen molar-refractivity contribution in [2.24, 2.45) is 0 Å². The summed E-state index contributed by atoms with van der Waals surface area (Å²) in [5.74, 6) is 0.793. The molecular formula is C21H22N2O3. The molecule has 0 amide bonds. The molecule has 0 radical (unpaired) electrons. The highest BCUT2D eigenvalue weighted by Gasteiger charge is 2.28. The fourth-order valence-electron chi connectivity index (χ4n) is 3.57. The van der Waals surface area contributed by atoms with Crippen molar-refractivity contribution in [1.29, 1.82) is 0 Å². The van der Waals surface area contributed by atoms with Gasteiger partial charge in [0.15, 0.2) is 0 Å². The molecule has 1 aromatic heterocycles. The Hall–Kier alpha value is -2.79. The Balaban J connectivity index is 1.67. The van der Waals surface area contributed by atoms with Crippen LogP contribution in [0, 0.1) is 0 Å². The normalized spacial score (nSPS) is 18.0. The fourth-order valence-corrected chi connectivity index (χ4v) is 3.57. The smallest absolute Gasteiger partial charge is 0.323 e. The van der Waals surface area contributed by atoms with Crippen LogP contribution in [0.2, 0.25) is 0 Å². The third-order valence-corrected chi connectivity index (χ3v) is 5.02. The lowest BCUT2D eigenvalue weighted by Gasteiger charge is -2.20. The number of methoxy groups -OCH3 is 1. The van der Waals surface area contributed by atoms with Gasteiger partial charge in [0.25, 0.3) is 0 Å². The molecule has 5 nitrogen and oxygen atoms in total. The van der Waals surface area contributed by atoms with Crippen LogP contribution in [0.15, 0.2) is 54.7 Å². The topological polar surface area (TPSA) is 63.4 Å². The Kier molecular flexibility index (Phi) is 4.63. The molecular weight excluding hydrogens is 328 g/mol. The van der Waals surface area contributed by atoms with Crippen LogP contribution in [0.3, 0.4) is 0 Å². The highest BCUT2D eigenvalue weighted by atomic mass is 16.5. The van der Waals surface area contributed by atoms with Gasteiger partial charge < -0.3 is 19.8 Å². The Bertz CT molecular complexity index is 901. The standard InChI is InChI=1S/C21H22N2O3/c1-25-15-8-6-14(7-9-15)17(12-23-20-10-11-26-21(20)24)18-13-22-19-5-3-2-4-16(18)19/h2-9,13,17,20,22-23H,10-12H2,1H3/t17-,20-/m0/s1. The number of benzene rings is 2. The number of hydrogen-bond acceptors (Lipinski definition) is 4. The summed E-state index contributed by atoms with van der Waals surface area (Å²) in [5.41, 5.74) is 3.50. The van der Waals surface area contributed by atoms with E-state index in [4.69, 9.17) is 9.47 Å². The predicted octanol–water partition coefficient (Wildman–Crippen LogP) is 3.21. The SMILES string of the molecule is COc1ccc([C@H](CN[C@H]2CCOC2=O)c2c[nH]c3ccccc23)cc1. The monoisotopic (exact) mass is 350 g/mol. The maximum atomic E-state index is 11.8. The molecule has 1 saturated heterocycles. The van der Waals surface area contributed by atoms with Crippen molar-refractivity contribution in [2.75, 3.05) is 20.3 Å². The van der Waals surface area contributed by atoms with Gasteiger partial charge in [0, 0.05) is 36.0 Å². The molecule has 2 heterocycles. The summed E-state index contributed by atoms with van der Waals surface area (Å²) in [5, 5.41) is 4.59. The lowest BCUT2D eigenvalue weighted by atomic mass is 9.90. The first-order valence-electron chi connectivity index (χ1n) is 8.86. The van der Waals surface area contributed by atoms with Crippen molar-refractivity contribution >= 4 is 16.9 Å². The van der Waals surface area contributed by atoms with E-state index in [2.05, 4.69) is 40.8 Å². The maximum Gasteiger partial charge on any atom is 0.323 e. The molecule has 1 aliphatic rings. The van der Waals surface area contributed by atoms with E-state index in [1.165, 1.54) is 16.5 Å². The molecule has 2 aromatic carbocycles. The molecule has 0 unspecified atom stereocenters. The van der Waals surface area contributed by atoms with Gasteiger partial charge >= 0.3 is 5.97 Å². The summed E-state index contributed by atoms with van der Waals surface area (Å²) in [7, 11) is 1.67. The van der Waals surface area contributed by atoms with Gasteiger partial charge in [-0.3, -0.25) is 4.79 Å². The largest absolute Gasteiger partial charge is 0.497 e. The van der Waals surface area contributed by atoms with Gasteiger partial charge in [-0.15, -0.1) is 0 Å². The van der Waals surface area contributed by atoms with Crippen LogP contribution in [0.4, 0.5) is 0 Å². The summed E-state index contributed by atoms with van der Waals surface area (Å²) in [6.07, 6.45) is 2.79. The third kappa shape index (κ3) is 3.18. The van der Waals surface area contributed by atoms with Crippen molar-refractivity contribution < 1.29 is 14.3 Å². The van der Waals surface area contributed by atoms with Gasteiger partial charge in [0.05, 0.1) is 13.7 Å². The molecule has 134 valence electrons. The molecule has 26 heavy (non-hydrogen) atoms. The number of fused-ring (bicyclic) bond motifs is 1. The first-order valence-corrected chi connectivity index (χ1v) is 8.86. The Labute approximate surface area is 152 Å². The lowest BCUT2D eigenvalue weighted by molar-refractivity contribution is -0.139. The minimum absolute atomic E-state index is 0.116. The molecule has 1 fully saturated rings. The van der Waals surface area contributed by atoms with Crippen molar-refractivity contribution in [3.05, 3.63) is 65.9 Å². The molecule has 5 heteroatoms. The quantitative estimate of drug-likeness (QED) is 0.670. The summed E-state index contributed by atoms with van der Waals surface area (Å²) in [6.45, 7) is 1.16. The molecule has 0 saturated carbocycles. The van der Waals surface area contributed by atoms with Crippen molar-refractivity contribution in [3.8, 4) is 5.75 Å². The third-order valence-electron chi connectivity index (χ3n) is 5.02. The number of esters is 1. The zero-order valence-electron chi connectivity index (χ0n) is 14.7. The number of carbonyl (C=O) groups excluding carboxylic acids is 1. The predicted molar refractivity (Wildman–Crippen MR) is 101 cm³/mol. The minimum Gasteiger partial charge on any atom is -0.497 e. The van der Waals surface area contributed by atoms with E-state index in [9.17, 15) is 4.79 Å². The number of rotatable bonds is 6. The van der Waals surface area contributed by atoms with Gasteiger partial charge in [-0.05, 0) is 29.3 Å². The number of nitrogens with one attached hydrogen (secondary N) is 2. The zero-order chi connectivity index (χ0) is 17.9. The Morgan fingerprint density at radius 2 is 2.04 bits per heavy atom. The average Bonchev–Trinajstić information content (AvgIpc) is 3.29. The maximum absolute atomic E-state index is 11.8. The van der Waals surface area contributed by atoms with Crippen LogP contribution in [0.25, 0.3) is 10.9 Å². The van der Waals surface area contributed by atoms with Gasteiger partial charge in [0.2, 0.25) is 0 Å². The van der Waals surface area contributed by atoms with Gasteiger partial charge in [-0.1, -0.05) is 30.3 Å². The van der Waals surface area contributed by atoms with E-state index in [0.717, 1.165) is 17.7 Å². The molecule has 0 aliphatic carbocycles. The van der Waals surface area contributed by atoms with Gasteiger partial charge in [-0.2, -0.15) is 0 Å². The molecule has 2 N–H and O–H groups in total. The second kappa shape index (κ2) is 7.22. The number of para-hydroxylation sites is 1. The molecule has 0 spiro atoms. The first-order chi connectivity index (χ1) is 12.8. The summed E-state index contributed by atoms with van der Waals surface area (Å²) >= 11 is 0. The van der Waals surface area contributed by atoms with Crippen LogP contribution < -0.4 is 10.1 Å². The summed E-state index contributed by atoms with van der Waals surface area (Å²) in [4.78, 5) is 15.2. The van der Waals surface area contributed by atoms with E-state index >= 15 is 0 Å². The van der Waals surface area contributed by atoms with Crippen LogP contribution in [-0.2, 0) is 9.53 Å². The van der Waals surface area contributed by atoms with Crippen molar-refractivity contribution in [3.63, 3.8) is 0 Å². The van der Waals surface area contributed by atoms with E-state index in [1.54, 1.807) is 7.11 Å². The number of hydrogen-bond donors (Lipinski definition) is 2. The second-order valence-corrected chi connectivity index (χ2v) is 6.53. The lowest BCUT2D eigenvalue weighted by Crippen LogP contribution is -2.36. The molecule has 4 rings (SSSR count). The van der Waals surface area contributed by atoms with E-state index < -0.39 is 0 Å². The van der Waals surface area contributed by atoms with Crippen LogP contribution in [0.1, 0.15) is 23.5 Å². The van der Waals surface area contributed by atoms with E-state index in [0.29, 0.717) is 13.2 Å². The van der Waals surface area contributed by atoms with Gasteiger partial charge in [-0.25, -0.2) is 0 Å². The number of cyclic esters (lactones) is 1. The fraction of sp³-hybridized carbons (Fsp3) is 0.286. The van der Waals surface area contributed by atoms with E-state index in [1.807, 2.05) is 24.3 Å². The number of carbonyl (C=O) groups is 1. The van der Waals surface area contributed by atoms with E-state index in [-0.39, 0.29) is 17.9 Å². The van der Waals surface area contributed by atoms with Crippen LogP contribution in [0.5, 0.6) is 5.75 Å². The number of H-pyrrole nitrogens is 1. The Morgan fingerprint density at radius 3 is 2.77 bits per heavy atom. The molecule has 0 bridgehead atoms. The second-order valence-electron chi connectivity index (χ2n) is 6.53. The van der Waals surface area contributed by atoms with Crippen molar-refractivity contribution in [1.82, 2.24) is 10.3 Å². The number of aromatic amines is 1.